The Morgan fingerprint density at radius 1 is 1.35 bits per heavy atom. The van der Waals surface area contributed by atoms with Gasteiger partial charge in [-0.05, 0) is 33.1 Å². The molecule has 3 atom stereocenters. The van der Waals surface area contributed by atoms with Crippen LogP contribution in [0.15, 0.2) is 0 Å². The Balaban J connectivity index is 1.61. The lowest BCUT2D eigenvalue weighted by molar-refractivity contribution is -0.176. The Kier molecular flexibility index (Phi) is 3.44. The molecule has 1 spiro atoms. The molecule has 116 valence electrons. The minimum absolute atomic E-state index is 0.350. The van der Waals surface area contributed by atoms with Gasteiger partial charge in [-0.2, -0.15) is 0 Å². The summed E-state index contributed by atoms with van der Waals surface area (Å²) < 4.78 is 31.4. The van der Waals surface area contributed by atoms with Crippen LogP contribution in [0.5, 0.6) is 0 Å². The van der Waals surface area contributed by atoms with E-state index in [9.17, 15) is 8.42 Å². The standard InChI is InChI=1S/C14H26N2O3S/c1-13(2,16-20(3,17)18)9-15-11-10-5-8-19-12(10)14(11)6-4-7-14/h10-12,15-16H,4-9H2,1-3H3. The molecule has 0 amide bonds. The second-order valence-electron chi connectivity index (χ2n) is 7.45. The summed E-state index contributed by atoms with van der Waals surface area (Å²) in [5.74, 6) is 0.629. The molecule has 0 bridgehead atoms. The Labute approximate surface area is 121 Å². The average Bonchev–Trinajstić information content (AvgIpc) is 2.57. The van der Waals surface area contributed by atoms with Gasteiger partial charge in [-0.25, -0.2) is 13.1 Å². The molecule has 3 rings (SSSR count). The molecule has 1 saturated heterocycles. The molecule has 0 aromatic rings. The largest absolute Gasteiger partial charge is 0.377 e. The van der Waals surface area contributed by atoms with E-state index in [-0.39, 0.29) is 0 Å². The van der Waals surface area contributed by atoms with Gasteiger partial charge >= 0.3 is 0 Å². The topological polar surface area (TPSA) is 67.4 Å². The number of rotatable bonds is 5. The summed E-state index contributed by atoms with van der Waals surface area (Å²) in [5.41, 5.74) is -0.106. The lowest BCUT2D eigenvalue weighted by Gasteiger charge is -2.63. The number of fused-ring (bicyclic) bond motifs is 2. The molecule has 1 heterocycles. The number of sulfonamides is 1. The molecule has 3 aliphatic rings. The van der Waals surface area contributed by atoms with E-state index in [1.807, 2.05) is 13.8 Å². The third kappa shape index (κ3) is 2.40. The summed E-state index contributed by atoms with van der Waals surface area (Å²) in [6.07, 6.45) is 6.63. The molecule has 1 aliphatic heterocycles. The van der Waals surface area contributed by atoms with Gasteiger partial charge in [-0.1, -0.05) is 6.42 Å². The summed E-state index contributed by atoms with van der Waals surface area (Å²) in [6.45, 7) is 5.40. The van der Waals surface area contributed by atoms with Crippen LogP contribution in [0, 0.1) is 11.3 Å². The highest BCUT2D eigenvalue weighted by Crippen LogP contribution is 2.62. The fourth-order valence-corrected chi connectivity index (χ4v) is 5.54. The van der Waals surface area contributed by atoms with Gasteiger partial charge in [-0.3, -0.25) is 0 Å². The van der Waals surface area contributed by atoms with Gasteiger partial charge in [0.2, 0.25) is 10.0 Å². The molecule has 20 heavy (non-hydrogen) atoms. The van der Waals surface area contributed by atoms with Gasteiger partial charge in [0.25, 0.3) is 0 Å². The summed E-state index contributed by atoms with van der Waals surface area (Å²) in [5, 5.41) is 3.64. The fourth-order valence-electron chi connectivity index (χ4n) is 4.46. The zero-order valence-electron chi connectivity index (χ0n) is 12.6. The van der Waals surface area contributed by atoms with E-state index in [1.54, 1.807) is 0 Å². The second kappa shape index (κ2) is 4.66. The van der Waals surface area contributed by atoms with E-state index in [0.29, 0.717) is 30.0 Å². The van der Waals surface area contributed by atoms with Crippen molar-refractivity contribution in [2.45, 2.75) is 57.2 Å². The minimum atomic E-state index is -3.17. The van der Waals surface area contributed by atoms with Gasteiger partial charge in [0, 0.05) is 36.1 Å². The highest BCUT2D eigenvalue weighted by molar-refractivity contribution is 7.88. The van der Waals surface area contributed by atoms with Crippen molar-refractivity contribution in [2.75, 3.05) is 19.4 Å². The van der Waals surface area contributed by atoms with Crippen molar-refractivity contribution in [2.24, 2.45) is 11.3 Å². The Morgan fingerprint density at radius 2 is 2.05 bits per heavy atom. The van der Waals surface area contributed by atoms with Crippen LogP contribution in [0.4, 0.5) is 0 Å². The van der Waals surface area contributed by atoms with Gasteiger partial charge in [-0.15, -0.1) is 0 Å². The van der Waals surface area contributed by atoms with Crippen LogP contribution >= 0.6 is 0 Å². The van der Waals surface area contributed by atoms with Crippen molar-refractivity contribution in [1.29, 1.82) is 0 Å². The SMILES string of the molecule is CC(C)(CNC1C2CCOC2C12CCC2)NS(C)(=O)=O. The van der Waals surface area contributed by atoms with Gasteiger partial charge in [0.05, 0.1) is 12.4 Å². The van der Waals surface area contributed by atoms with E-state index < -0.39 is 15.6 Å². The van der Waals surface area contributed by atoms with Crippen molar-refractivity contribution < 1.29 is 13.2 Å². The molecular formula is C14H26N2O3S. The first kappa shape index (κ1) is 14.8. The zero-order valence-corrected chi connectivity index (χ0v) is 13.4. The average molecular weight is 302 g/mol. The molecule has 5 nitrogen and oxygen atoms in total. The van der Waals surface area contributed by atoms with Gasteiger partial charge < -0.3 is 10.1 Å². The van der Waals surface area contributed by atoms with Crippen LogP contribution in [0.2, 0.25) is 0 Å². The minimum Gasteiger partial charge on any atom is -0.377 e. The van der Waals surface area contributed by atoms with Crippen LogP contribution < -0.4 is 10.0 Å². The molecule has 0 radical (unpaired) electrons. The van der Waals surface area contributed by atoms with Crippen LogP contribution in [0.25, 0.3) is 0 Å². The number of nitrogens with one attached hydrogen (secondary N) is 2. The van der Waals surface area contributed by atoms with Gasteiger partial charge in [0.1, 0.15) is 0 Å². The van der Waals surface area contributed by atoms with Crippen molar-refractivity contribution in [3.05, 3.63) is 0 Å². The quantitative estimate of drug-likeness (QED) is 0.790. The van der Waals surface area contributed by atoms with Crippen molar-refractivity contribution in [3.8, 4) is 0 Å². The summed E-state index contributed by atoms with van der Waals surface area (Å²) in [6, 6.07) is 0.504. The Morgan fingerprint density at radius 3 is 2.60 bits per heavy atom. The summed E-state index contributed by atoms with van der Waals surface area (Å²) in [7, 11) is -3.17. The lowest BCUT2D eigenvalue weighted by Crippen LogP contribution is -2.72. The van der Waals surface area contributed by atoms with E-state index in [4.69, 9.17) is 4.74 Å². The second-order valence-corrected chi connectivity index (χ2v) is 9.20. The van der Waals surface area contributed by atoms with E-state index >= 15 is 0 Å². The predicted octanol–water partition coefficient (Wildman–Crippen LogP) is 0.861. The monoisotopic (exact) mass is 302 g/mol. The lowest BCUT2D eigenvalue weighted by atomic mass is 9.46. The van der Waals surface area contributed by atoms with Crippen LogP contribution in [0.1, 0.15) is 39.5 Å². The third-order valence-corrected chi connectivity index (χ3v) is 6.19. The van der Waals surface area contributed by atoms with Gasteiger partial charge in [0.15, 0.2) is 0 Å². The number of ether oxygens (including phenoxy) is 1. The molecule has 3 unspecified atom stereocenters. The Hall–Kier alpha value is -0.170. The highest BCUT2D eigenvalue weighted by Gasteiger charge is 2.66. The molecule has 6 heteroatoms. The van der Waals surface area contributed by atoms with Crippen LogP contribution in [-0.4, -0.2) is 45.5 Å². The number of hydrogen-bond acceptors (Lipinski definition) is 4. The van der Waals surface area contributed by atoms with Crippen LogP contribution in [0.3, 0.4) is 0 Å². The van der Waals surface area contributed by atoms with Crippen molar-refractivity contribution in [1.82, 2.24) is 10.0 Å². The zero-order chi connectivity index (χ0) is 14.6. The molecule has 2 saturated carbocycles. The van der Waals surface area contributed by atoms with Crippen molar-refractivity contribution >= 4 is 10.0 Å². The predicted molar refractivity (Wildman–Crippen MR) is 78.0 cm³/mol. The van der Waals surface area contributed by atoms with E-state index in [2.05, 4.69) is 10.0 Å². The Bertz CT molecular complexity index is 485. The summed E-state index contributed by atoms with van der Waals surface area (Å²) in [4.78, 5) is 0. The first-order chi connectivity index (χ1) is 9.24. The van der Waals surface area contributed by atoms with E-state index in [1.165, 1.54) is 25.5 Å². The normalized spacial score (nSPS) is 35.5. The van der Waals surface area contributed by atoms with Crippen LogP contribution in [-0.2, 0) is 14.8 Å². The first-order valence-corrected chi connectivity index (χ1v) is 9.47. The maximum absolute atomic E-state index is 11.4. The number of hydrogen-bond donors (Lipinski definition) is 2. The fraction of sp³-hybridized carbons (Fsp3) is 1.00. The third-order valence-electron chi connectivity index (χ3n) is 5.26. The highest BCUT2D eigenvalue weighted by atomic mass is 32.2. The maximum Gasteiger partial charge on any atom is 0.209 e. The summed E-state index contributed by atoms with van der Waals surface area (Å²) >= 11 is 0. The molecular weight excluding hydrogens is 276 g/mol. The molecule has 2 aliphatic carbocycles. The maximum atomic E-state index is 11.4. The molecule has 3 fully saturated rings. The van der Waals surface area contributed by atoms with E-state index in [0.717, 1.165) is 13.0 Å². The van der Waals surface area contributed by atoms with Crippen molar-refractivity contribution in [3.63, 3.8) is 0 Å². The smallest absolute Gasteiger partial charge is 0.209 e. The molecule has 0 aromatic heterocycles. The molecule has 2 N–H and O–H groups in total. The molecule has 0 aromatic carbocycles. The first-order valence-electron chi connectivity index (χ1n) is 7.58.